The molecule has 0 aliphatic heterocycles. The van der Waals surface area contributed by atoms with E-state index in [1.165, 1.54) is 24.3 Å². The summed E-state index contributed by atoms with van der Waals surface area (Å²) in [6, 6.07) is 0. The number of carbonyl (C=O) groups excluding carboxylic acids is 2. The Bertz CT molecular complexity index is 1100. The van der Waals surface area contributed by atoms with Crippen molar-refractivity contribution in [1.82, 2.24) is 35.0 Å². The highest BCUT2D eigenvalue weighted by Gasteiger charge is 2.25. The van der Waals surface area contributed by atoms with Gasteiger partial charge >= 0.3 is 6.09 Å². The van der Waals surface area contributed by atoms with Gasteiger partial charge in [0.1, 0.15) is 23.5 Å². The van der Waals surface area contributed by atoms with Crippen LogP contribution in [0.3, 0.4) is 0 Å². The van der Waals surface area contributed by atoms with Crippen LogP contribution >= 0.6 is 0 Å². The van der Waals surface area contributed by atoms with E-state index in [1.54, 1.807) is 25.6 Å². The first-order valence-electron chi connectivity index (χ1n) is 9.67. The number of anilines is 3. The number of aryl methyl sites for hydroxylation is 1. The van der Waals surface area contributed by atoms with Crippen LogP contribution in [0.5, 0.6) is 5.88 Å². The first-order chi connectivity index (χ1) is 15.0. The molecule has 0 atom stereocenters. The minimum absolute atomic E-state index is 0.0589. The first-order valence-corrected chi connectivity index (χ1v) is 9.67. The third-order valence-corrected chi connectivity index (χ3v) is 4.89. The number of nitrogens with zero attached hydrogens (tertiary/aromatic N) is 6. The van der Waals surface area contributed by atoms with E-state index in [2.05, 4.69) is 41.0 Å². The maximum atomic E-state index is 12.6. The van der Waals surface area contributed by atoms with Crippen LogP contribution in [0.15, 0.2) is 31.1 Å². The molecule has 0 aromatic carbocycles. The second-order valence-corrected chi connectivity index (χ2v) is 6.95. The van der Waals surface area contributed by atoms with Crippen molar-refractivity contribution in [3.63, 3.8) is 0 Å². The lowest BCUT2D eigenvalue weighted by Gasteiger charge is -2.24. The molecule has 0 unspecified atom stereocenters. The SMILES string of the molecule is CNC(=O)c1c(NC(=O)Oc2nc(C3CCC3)ncc2Nc2cncnc2)cnn1C. The Hall–Kier alpha value is -4.09. The fraction of sp³-hybridized carbons (Fsp3) is 0.316. The van der Waals surface area contributed by atoms with E-state index >= 15 is 0 Å². The van der Waals surface area contributed by atoms with Gasteiger partial charge in [-0.15, -0.1) is 0 Å². The molecule has 0 spiro atoms. The van der Waals surface area contributed by atoms with Gasteiger partial charge in [-0.2, -0.15) is 10.1 Å². The van der Waals surface area contributed by atoms with Crippen LogP contribution < -0.4 is 20.7 Å². The zero-order valence-electron chi connectivity index (χ0n) is 17.0. The Balaban J connectivity index is 1.57. The summed E-state index contributed by atoms with van der Waals surface area (Å²) in [6.07, 6.45) is 9.78. The normalized spacial score (nSPS) is 13.2. The molecule has 2 amide bonds. The summed E-state index contributed by atoms with van der Waals surface area (Å²) < 4.78 is 6.84. The van der Waals surface area contributed by atoms with E-state index in [-0.39, 0.29) is 23.2 Å². The van der Waals surface area contributed by atoms with Gasteiger partial charge in [-0.1, -0.05) is 6.42 Å². The lowest BCUT2D eigenvalue weighted by atomic mass is 9.85. The van der Waals surface area contributed by atoms with Gasteiger partial charge in [-0.3, -0.25) is 14.8 Å². The van der Waals surface area contributed by atoms with Gasteiger partial charge < -0.3 is 15.4 Å². The fourth-order valence-corrected chi connectivity index (χ4v) is 3.06. The van der Waals surface area contributed by atoms with E-state index in [9.17, 15) is 9.59 Å². The Kier molecular flexibility index (Phi) is 5.69. The fourth-order valence-electron chi connectivity index (χ4n) is 3.06. The summed E-state index contributed by atoms with van der Waals surface area (Å²) in [5.41, 5.74) is 1.37. The highest BCUT2D eigenvalue weighted by Crippen LogP contribution is 2.36. The predicted octanol–water partition coefficient (Wildman–Crippen LogP) is 1.98. The summed E-state index contributed by atoms with van der Waals surface area (Å²) in [6.45, 7) is 0. The Morgan fingerprint density at radius 3 is 2.58 bits per heavy atom. The van der Waals surface area contributed by atoms with Crippen LogP contribution in [0.4, 0.5) is 21.9 Å². The monoisotopic (exact) mass is 423 g/mol. The molecule has 3 heterocycles. The first kappa shape index (κ1) is 20.2. The van der Waals surface area contributed by atoms with Crippen LogP contribution in [-0.2, 0) is 7.05 Å². The number of aromatic nitrogens is 6. The maximum absolute atomic E-state index is 12.6. The van der Waals surface area contributed by atoms with Crippen LogP contribution in [0, 0.1) is 0 Å². The molecular weight excluding hydrogens is 402 g/mol. The largest absolute Gasteiger partial charge is 0.418 e. The molecular formula is C19H21N9O3. The van der Waals surface area contributed by atoms with Gasteiger partial charge in [-0.05, 0) is 12.8 Å². The lowest BCUT2D eigenvalue weighted by molar-refractivity contribution is 0.0954. The van der Waals surface area contributed by atoms with Gasteiger partial charge in [0.2, 0.25) is 0 Å². The smallest absolute Gasteiger partial charge is 0.389 e. The van der Waals surface area contributed by atoms with Crippen molar-refractivity contribution in [3.05, 3.63) is 42.6 Å². The number of hydrogen-bond donors (Lipinski definition) is 3. The Morgan fingerprint density at radius 1 is 1.13 bits per heavy atom. The van der Waals surface area contributed by atoms with E-state index < -0.39 is 12.0 Å². The lowest BCUT2D eigenvalue weighted by Crippen LogP contribution is -2.25. The summed E-state index contributed by atoms with van der Waals surface area (Å²) >= 11 is 0. The number of hydrogen-bond acceptors (Lipinski definition) is 9. The molecule has 0 radical (unpaired) electrons. The number of nitrogens with one attached hydrogen (secondary N) is 3. The van der Waals surface area contributed by atoms with E-state index in [0.29, 0.717) is 17.2 Å². The molecule has 31 heavy (non-hydrogen) atoms. The molecule has 0 bridgehead atoms. The van der Waals surface area contributed by atoms with Gasteiger partial charge in [0.05, 0.1) is 36.2 Å². The topological polar surface area (TPSA) is 149 Å². The summed E-state index contributed by atoms with van der Waals surface area (Å²) in [4.78, 5) is 41.4. The summed E-state index contributed by atoms with van der Waals surface area (Å²) in [5.74, 6) is 0.536. The molecule has 1 aliphatic rings. The molecule has 160 valence electrons. The third-order valence-electron chi connectivity index (χ3n) is 4.89. The molecule has 3 aromatic rings. The molecule has 4 rings (SSSR count). The number of amides is 2. The van der Waals surface area contributed by atoms with Crippen LogP contribution in [-0.4, -0.2) is 48.8 Å². The minimum Gasteiger partial charge on any atom is -0.389 e. The molecule has 1 saturated carbocycles. The Labute approximate surface area is 177 Å². The van der Waals surface area contributed by atoms with E-state index in [1.807, 2.05) is 0 Å². The second-order valence-electron chi connectivity index (χ2n) is 6.95. The molecule has 1 aliphatic carbocycles. The molecule has 12 nitrogen and oxygen atoms in total. The molecule has 3 aromatic heterocycles. The van der Waals surface area contributed by atoms with Crippen molar-refractivity contribution in [2.75, 3.05) is 17.7 Å². The number of ether oxygens (including phenoxy) is 1. The highest BCUT2D eigenvalue weighted by atomic mass is 16.6. The minimum atomic E-state index is -0.816. The van der Waals surface area contributed by atoms with Crippen molar-refractivity contribution in [2.24, 2.45) is 7.05 Å². The molecule has 12 heteroatoms. The predicted molar refractivity (Wildman–Crippen MR) is 110 cm³/mol. The molecule has 0 saturated heterocycles. The molecule has 3 N–H and O–H groups in total. The van der Waals surface area contributed by atoms with Crippen molar-refractivity contribution in [3.8, 4) is 5.88 Å². The zero-order chi connectivity index (χ0) is 21.8. The summed E-state index contributed by atoms with van der Waals surface area (Å²) in [5, 5.41) is 12.1. The Morgan fingerprint density at radius 2 is 1.90 bits per heavy atom. The van der Waals surface area contributed by atoms with Crippen molar-refractivity contribution in [2.45, 2.75) is 25.2 Å². The van der Waals surface area contributed by atoms with Gasteiger partial charge in [-0.25, -0.2) is 19.7 Å². The van der Waals surface area contributed by atoms with Gasteiger partial charge in [0.15, 0.2) is 0 Å². The van der Waals surface area contributed by atoms with Crippen LogP contribution in [0.1, 0.15) is 41.5 Å². The van der Waals surface area contributed by atoms with Crippen LogP contribution in [0.25, 0.3) is 0 Å². The van der Waals surface area contributed by atoms with Gasteiger partial charge in [0, 0.05) is 20.0 Å². The standard InChI is InChI=1S/C19H21N9O3/c1-20-17(29)15-13(9-24-28(15)2)26-19(30)31-18-14(25-12-6-21-10-22-7-12)8-23-16(27-18)11-4-3-5-11/h6-11,25H,3-5H2,1-2H3,(H,20,29)(H,26,30). The summed E-state index contributed by atoms with van der Waals surface area (Å²) in [7, 11) is 3.09. The van der Waals surface area contributed by atoms with Crippen LogP contribution in [0.2, 0.25) is 0 Å². The average molecular weight is 423 g/mol. The number of carbonyl (C=O) groups is 2. The van der Waals surface area contributed by atoms with Gasteiger partial charge in [0.25, 0.3) is 11.8 Å². The number of rotatable bonds is 6. The average Bonchev–Trinajstić information content (AvgIpc) is 3.08. The van der Waals surface area contributed by atoms with E-state index in [4.69, 9.17) is 4.74 Å². The zero-order valence-corrected chi connectivity index (χ0v) is 17.0. The van der Waals surface area contributed by atoms with Crippen molar-refractivity contribution in [1.29, 1.82) is 0 Å². The second kappa shape index (κ2) is 8.73. The third kappa shape index (κ3) is 4.42. The maximum Gasteiger partial charge on any atom is 0.418 e. The van der Waals surface area contributed by atoms with E-state index in [0.717, 1.165) is 19.3 Å². The van der Waals surface area contributed by atoms with Crippen molar-refractivity contribution < 1.29 is 14.3 Å². The quantitative estimate of drug-likeness (QED) is 0.541. The molecule has 1 fully saturated rings. The highest BCUT2D eigenvalue weighted by molar-refractivity contribution is 6.01. The van der Waals surface area contributed by atoms with Crippen molar-refractivity contribution >= 4 is 29.1 Å².